The van der Waals surface area contributed by atoms with Gasteiger partial charge in [-0.25, -0.2) is 0 Å². The average molecular weight is 249 g/mol. The highest BCUT2D eigenvalue weighted by atomic mass is 32.2. The van der Waals surface area contributed by atoms with Gasteiger partial charge in [-0.1, -0.05) is 18.6 Å². The topological polar surface area (TPSA) is 20.3 Å². The lowest BCUT2D eigenvalue weighted by Gasteiger charge is -2.26. The first-order valence-corrected chi connectivity index (χ1v) is 7.27. The molecule has 1 aromatic rings. The summed E-state index contributed by atoms with van der Waals surface area (Å²) in [5.41, 5.74) is 0.755. The lowest BCUT2D eigenvalue weighted by molar-refractivity contribution is 0.112. The molecule has 0 N–H and O–H groups in total. The number of hydrogen-bond acceptors (Lipinski definition) is 3. The molecule has 0 amide bonds. The summed E-state index contributed by atoms with van der Waals surface area (Å²) in [6.07, 6.45) is 5.01. The number of carbonyl (C=O) groups is 1. The molecule has 0 bridgehead atoms. The van der Waals surface area contributed by atoms with E-state index in [1.165, 1.54) is 43.8 Å². The van der Waals surface area contributed by atoms with Crippen LogP contribution in [0.2, 0.25) is 0 Å². The van der Waals surface area contributed by atoms with Crippen molar-refractivity contribution in [2.75, 3.05) is 25.4 Å². The Labute approximate surface area is 107 Å². The van der Waals surface area contributed by atoms with Gasteiger partial charge in [0.15, 0.2) is 0 Å². The molecule has 0 aromatic heterocycles. The Morgan fingerprint density at radius 1 is 1.12 bits per heavy atom. The molecule has 0 spiro atoms. The van der Waals surface area contributed by atoms with Gasteiger partial charge in [-0.15, -0.1) is 11.8 Å². The van der Waals surface area contributed by atoms with Crippen LogP contribution in [0.1, 0.15) is 29.6 Å². The summed E-state index contributed by atoms with van der Waals surface area (Å²) in [5, 5.41) is 0. The summed E-state index contributed by atoms with van der Waals surface area (Å²) in [4.78, 5) is 14.3. The second-order valence-corrected chi connectivity index (χ2v) is 5.61. The minimum Gasteiger partial charge on any atom is -0.303 e. The van der Waals surface area contributed by atoms with Crippen molar-refractivity contribution in [3.8, 4) is 0 Å². The molecule has 1 aliphatic heterocycles. The molecule has 2 nitrogen and oxygen atoms in total. The maximum absolute atomic E-state index is 10.5. The molecule has 0 aliphatic carbocycles. The average Bonchev–Trinajstić information content (AvgIpc) is 2.41. The maximum atomic E-state index is 10.5. The number of hydrogen-bond donors (Lipinski definition) is 0. The first-order valence-electron chi connectivity index (χ1n) is 6.29. The van der Waals surface area contributed by atoms with Gasteiger partial charge in [-0.3, -0.25) is 4.79 Å². The van der Waals surface area contributed by atoms with Crippen LogP contribution in [-0.4, -0.2) is 36.6 Å². The Bertz CT molecular complexity index is 344. The van der Waals surface area contributed by atoms with Crippen molar-refractivity contribution in [1.29, 1.82) is 0 Å². The summed E-state index contributed by atoms with van der Waals surface area (Å²) in [5.74, 6) is 1.14. The molecule has 0 saturated carbocycles. The normalized spacial score (nSPS) is 16.9. The maximum Gasteiger partial charge on any atom is 0.150 e. The van der Waals surface area contributed by atoms with E-state index >= 15 is 0 Å². The predicted molar refractivity (Wildman–Crippen MR) is 72.8 cm³/mol. The molecule has 1 aromatic carbocycles. The Morgan fingerprint density at radius 3 is 2.47 bits per heavy atom. The van der Waals surface area contributed by atoms with Gasteiger partial charge in [-0.2, -0.15) is 0 Å². The second-order valence-electron chi connectivity index (χ2n) is 4.44. The highest BCUT2D eigenvalue weighted by Crippen LogP contribution is 2.19. The smallest absolute Gasteiger partial charge is 0.150 e. The molecule has 1 fully saturated rings. The largest absolute Gasteiger partial charge is 0.303 e. The molecule has 1 heterocycles. The van der Waals surface area contributed by atoms with Gasteiger partial charge in [0.2, 0.25) is 0 Å². The zero-order valence-corrected chi connectivity index (χ0v) is 10.9. The van der Waals surface area contributed by atoms with Gasteiger partial charge in [0.25, 0.3) is 0 Å². The lowest BCUT2D eigenvalue weighted by atomic mass is 10.1. The van der Waals surface area contributed by atoms with Gasteiger partial charge >= 0.3 is 0 Å². The van der Waals surface area contributed by atoms with Crippen LogP contribution in [-0.2, 0) is 0 Å². The SMILES string of the molecule is O=Cc1ccc(SCCN2CCCCC2)cc1. The van der Waals surface area contributed by atoms with Gasteiger partial charge in [0, 0.05) is 22.8 Å². The van der Waals surface area contributed by atoms with Crippen LogP contribution in [0.3, 0.4) is 0 Å². The summed E-state index contributed by atoms with van der Waals surface area (Å²) in [7, 11) is 0. The van der Waals surface area contributed by atoms with Crippen LogP contribution in [0.5, 0.6) is 0 Å². The molecule has 1 saturated heterocycles. The third-order valence-corrected chi connectivity index (χ3v) is 4.13. The minimum atomic E-state index is 0.755. The third kappa shape index (κ3) is 4.17. The highest BCUT2D eigenvalue weighted by Gasteiger charge is 2.09. The predicted octanol–water partition coefficient (Wildman–Crippen LogP) is 3.08. The van der Waals surface area contributed by atoms with Crippen molar-refractivity contribution >= 4 is 18.0 Å². The molecular formula is C14H19NOS. The zero-order chi connectivity index (χ0) is 11.9. The molecule has 0 atom stereocenters. The van der Waals surface area contributed by atoms with E-state index < -0.39 is 0 Å². The highest BCUT2D eigenvalue weighted by molar-refractivity contribution is 7.99. The van der Waals surface area contributed by atoms with E-state index in [1.807, 2.05) is 36.0 Å². The number of aldehydes is 1. The van der Waals surface area contributed by atoms with Crippen molar-refractivity contribution < 1.29 is 4.79 Å². The Kier molecular flexibility index (Phi) is 5.08. The number of rotatable bonds is 5. The number of nitrogens with zero attached hydrogens (tertiary/aromatic N) is 1. The zero-order valence-electron chi connectivity index (χ0n) is 10.1. The van der Waals surface area contributed by atoms with E-state index in [1.54, 1.807) is 0 Å². The summed E-state index contributed by atoms with van der Waals surface area (Å²) in [6, 6.07) is 7.83. The monoisotopic (exact) mass is 249 g/mol. The Balaban J connectivity index is 1.71. The van der Waals surface area contributed by atoms with Gasteiger partial charge in [0.1, 0.15) is 6.29 Å². The van der Waals surface area contributed by atoms with E-state index in [9.17, 15) is 4.79 Å². The second kappa shape index (κ2) is 6.82. The van der Waals surface area contributed by atoms with Crippen LogP contribution in [0.25, 0.3) is 0 Å². The first-order chi connectivity index (χ1) is 8.38. The number of carbonyl (C=O) groups excluding carboxylic acids is 1. The minimum absolute atomic E-state index is 0.755. The van der Waals surface area contributed by atoms with Gasteiger partial charge in [-0.05, 0) is 38.1 Å². The number of likely N-dealkylation sites (tertiary alicyclic amines) is 1. The van der Waals surface area contributed by atoms with E-state index in [-0.39, 0.29) is 0 Å². The van der Waals surface area contributed by atoms with E-state index in [4.69, 9.17) is 0 Å². The Hall–Kier alpha value is -0.800. The van der Waals surface area contributed by atoms with Crippen molar-refractivity contribution in [3.05, 3.63) is 29.8 Å². The van der Waals surface area contributed by atoms with Crippen LogP contribution in [0.4, 0.5) is 0 Å². The van der Waals surface area contributed by atoms with Crippen LogP contribution < -0.4 is 0 Å². The van der Waals surface area contributed by atoms with Gasteiger partial charge < -0.3 is 4.90 Å². The molecule has 17 heavy (non-hydrogen) atoms. The van der Waals surface area contributed by atoms with E-state index in [0.717, 1.165) is 17.6 Å². The van der Waals surface area contributed by atoms with Crippen molar-refractivity contribution in [1.82, 2.24) is 4.90 Å². The van der Waals surface area contributed by atoms with Gasteiger partial charge in [0.05, 0.1) is 0 Å². The first kappa shape index (κ1) is 12.7. The van der Waals surface area contributed by atoms with Crippen LogP contribution >= 0.6 is 11.8 Å². The van der Waals surface area contributed by atoms with E-state index in [2.05, 4.69) is 4.90 Å². The third-order valence-electron chi connectivity index (χ3n) is 3.14. The molecule has 0 unspecified atom stereocenters. The summed E-state index contributed by atoms with van der Waals surface area (Å²) in [6.45, 7) is 3.72. The fraction of sp³-hybridized carbons (Fsp3) is 0.500. The van der Waals surface area contributed by atoms with E-state index in [0.29, 0.717) is 0 Å². The lowest BCUT2D eigenvalue weighted by Crippen LogP contribution is -2.31. The fourth-order valence-corrected chi connectivity index (χ4v) is 3.03. The molecule has 1 aliphatic rings. The summed E-state index contributed by atoms with van der Waals surface area (Å²) < 4.78 is 0. The fourth-order valence-electron chi connectivity index (χ4n) is 2.12. The van der Waals surface area contributed by atoms with Crippen LogP contribution in [0, 0.1) is 0 Å². The Morgan fingerprint density at radius 2 is 1.82 bits per heavy atom. The van der Waals surface area contributed by atoms with Crippen molar-refractivity contribution in [2.45, 2.75) is 24.2 Å². The van der Waals surface area contributed by atoms with Crippen molar-refractivity contribution in [3.63, 3.8) is 0 Å². The van der Waals surface area contributed by atoms with Crippen molar-refractivity contribution in [2.24, 2.45) is 0 Å². The quantitative estimate of drug-likeness (QED) is 0.591. The molecule has 3 heteroatoms. The molecular weight excluding hydrogens is 230 g/mol. The summed E-state index contributed by atoms with van der Waals surface area (Å²) >= 11 is 1.88. The molecule has 92 valence electrons. The van der Waals surface area contributed by atoms with Crippen LogP contribution in [0.15, 0.2) is 29.2 Å². The number of thioether (sulfide) groups is 1. The molecule has 0 radical (unpaired) electrons. The number of benzene rings is 1. The number of piperidine rings is 1. The standard InChI is InChI=1S/C14H19NOS/c16-12-13-4-6-14(7-5-13)17-11-10-15-8-2-1-3-9-15/h4-7,12H,1-3,8-11H2. The molecule has 2 rings (SSSR count).